The molecular weight excluding hydrogens is 315 g/mol. The second kappa shape index (κ2) is 4.74. The molecule has 1 N–H and O–H groups in total. The number of nitrogens with zero attached hydrogens (tertiary/aromatic N) is 1. The van der Waals surface area contributed by atoms with Crippen LogP contribution in [0.1, 0.15) is 11.3 Å². The number of aliphatic hydroxyl groups is 1. The summed E-state index contributed by atoms with van der Waals surface area (Å²) in [6.07, 6.45) is -4.43. The van der Waals surface area contributed by atoms with E-state index in [1.54, 1.807) is 0 Å². The highest BCUT2D eigenvalue weighted by molar-refractivity contribution is 9.10. The highest BCUT2D eigenvalue weighted by Crippen LogP contribution is 2.34. The van der Waals surface area contributed by atoms with Crippen LogP contribution in [-0.2, 0) is 12.8 Å². The van der Waals surface area contributed by atoms with Crippen molar-refractivity contribution < 1.29 is 22.8 Å². The van der Waals surface area contributed by atoms with E-state index >= 15 is 0 Å². The first kappa shape index (κ1) is 13.1. The number of rotatable bonds is 2. The van der Waals surface area contributed by atoms with Crippen LogP contribution in [0.25, 0.3) is 11.3 Å². The molecule has 96 valence electrons. The van der Waals surface area contributed by atoms with E-state index in [-0.39, 0.29) is 23.6 Å². The lowest BCUT2D eigenvalue weighted by Crippen LogP contribution is -2.04. The van der Waals surface area contributed by atoms with Crippen LogP contribution in [-0.4, -0.2) is 10.3 Å². The molecule has 3 nitrogen and oxygen atoms in total. The summed E-state index contributed by atoms with van der Waals surface area (Å²) in [4.78, 5) is 0. The first-order valence-electron chi connectivity index (χ1n) is 4.85. The van der Waals surface area contributed by atoms with Gasteiger partial charge in [0.15, 0.2) is 5.76 Å². The SMILES string of the molecule is OCc1cc(-c2cc(Br)cc(C(F)(F)F)c2)no1. The molecule has 1 heterocycles. The summed E-state index contributed by atoms with van der Waals surface area (Å²) in [5.41, 5.74) is -0.272. The molecule has 0 atom stereocenters. The third kappa shape index (κ3) is 2.73. The molecule has 0 spiro atoms. The first-order chi connectivity index (χ1) is 8.40. The van der Waals surface area contributed by atoms with Crippen molar-refractivity contribution >= 4 is 15.9 Å². The molecule has 0 bridgehead atoms. The van der Waals surface area contributed by atoms with Gasteiger partial charge in [0.05, 0.1) is 5.56 Å². The molecule has 2 rings (SSSR count). The van der Waals surface area contributed by atoms with E-state index in [1.807, 2.05) is 0 Å². The minimum atomic E-state index is -4.43. The largest absolute Gasteiger partial charge is 0.416 e. The van der Waals surface area contributed by atoms with Crippen molar-refractivity contribution in [1.82, 2.24) is 5.16 Å². The minimum absolute atomic E-state index is 0.193. The van der Waals surface area contributed by atoms with Crippen molar-refractivity contribution in [2.45, 2.75) is 12.8 Å². The van der Waals surface area contributed by atoms with E-state index in [9.17, 15) is 13.2 Å². The van der Waals surface area contributed by atoms with Gasteiger partial charge in [-0.1, -0.05) is 21.1 Å². The fourth-order valence-electron chi connectivity index (χ4n) is 1.42. The Morgan fingerprint density at radius 3 is 2.50 bits per heavy atom. The van der Waals surface area contributed by atoms with Crippen molar-refractivity contribution in [2.75, 3.05) is 0 Å². The molecule has 0 fully saturated rings. The topological polar surface area (TPSA) is 46.3 Å². The molecule has 0 saturated heterocycles. The van der Waals surface area contributed by atoms with Crippen molar-refractivity contribution in [3.63, 3.8) is 0 Å². The fourth-order valence-corrected chi connectivity index (χ4v) is 1.92. The second-order valence-electron chi connectivity index (χ2n) is 3.56. The lowest BCUT2D eigenvalue weighted by atomic mass is 10.1. The molecule has 18 heavy (non-hydrogen) atoms. The van der Waals surface area contributed by atoms with Gasteiger partial charge >= 0.3 is 6.18 Å². The summed E-state index contributed by atoms with van der Waals surface area (Å²) in [5.74, 6) is 0.193. The molecule has 0 unspecified atom stereocenters. The Bertz CT molecular complexity index is 566. The Kier molecular flexibility index (Phi) is 3.45. The number of halogens is 4. The van der Waals surface area contributed by atoms with Gasteiger partial charge < -0.3 is 9.63 Å². The van der Waals surface area contributed by atoms with E-state index in [4.69, 9.17) is 9.63 Å². The maximum atomic E-state index is 12.6. The summed E-state index contributed by atoms with van der Waals surface area (Å²) < 4.78 is 42.9. The normalized spacial score (nSPS) is 11.8. The van der Waals surface area contributed by atoms with Crippen LogP contribution in [0.5, 0.6) is 0 Å². The van der Waals surface area contributed by atoms with Crippen LogP contribution in [0, 0.1) is 0 Å². The van der Waals surface area contributed by atoms with Crippen LogP contribution < -0.4 is 0 Å². The van der Waals surface area contributed by atoms with Gasteiger partial charge in [0.2, 0.25) is 0 Å². The van der Waals surface area contributed by atoms with Crippen molar-refractivity contribution in [3.05, 3.63) is 40.1 Å². The highest BCUT2D eigenvalue weighted by Gasteiger charge is 2.31. The van der Waals surface area contributed by atoms with Crippen LogP contribution >= 0.6 is 15.9 Å². The molecule has 1 aromatic carbocycles. The van der Waals surface area contributed by atoms with Gasteiger partial charge in [-0.2, -0.15) is 13.2 Å². The average molecular weight is 322 g/mol. The van der Waals surface area contributed by atoms with Crippen LogP contribution in [0.3, 0.4) is 0 Å². The Morgan fingerprint density at radius 1 is 1.22 bits per heavy atom. The smallest absolute Gasteiger partial charge is 0.388 e. The fraction of sp³-hybridized carbons (Fsp3) is 0.182. The van der Waals surface area contributed by atoms with Crippen LogP contribution in [0.2, 0.25) is 0 Å². The highest BCUT2D eigenvalue weighted by atomic mass is 79.9. The quantitative estimate of drug-likeness (QED) is 0.919. The van der Waals surface area contributed by atoms with Crippen LogP contribution in [0.4, 0.5) is 13.2 Å². The first-order valence-corrected chi connectivity index (χ1v) is 5.64. The summed E-state index contributed by atoms with van der Waals surface area (Å²) >= 11 is 3.02. The summed E-state index contributed by atoms with van der Waals surface area (Å²) in [5, 5.41) is 12.4. The monoisotopic (exact) mass is 321 g/mol. The lowest BCUT2D eigenvalue weighted by molar-refractivity contribution is -0.137. The molecule has 0 aliphatic heterocycles. The zero-order chi connectivity index (χ0) is 13.3. The maximum Gasteiger partial charge on any atom is 0.416 e. The summed E-state index contributed by atoms with van der Waals surface area (Å²) in [7, 11) is 0. The van der Waals surface area contributed by atoms with Gasteiger partial charge in [-0.05, 0) is 18.2 Å². The van der Waals surface area contributed by atoms with Gasteiger partial charge in [-0.15, -0.1) is 0 Å². The molecule has 0 saturated carbocycles. The predicted molar refractivity (Wildman–Crippen MR) is 60.6 cm³/mol. The molecular formula is C11H7BrF3NO2. The zero-order valence-electron chi connectivity index (χ0n) is 8.83. The van der Waals surface area contributed by atoms with E-state index < -0.39 is 11.7 Å². The van der Waals surface area contributed by atoms with E-state index in [1.165, 1.54) is 12.1 Å². The Balaban J connectivity index is 2.48. The zero-order valence-corrected chi connectivity index (χ0v) is 10.4. The number of alkyl halides is 3. The van der Waals surface area contributed by atoms with Gasteiger partial charge in [-0.25, -0.2) is 0 Å². The average Bonchev–Trinajstić information content (AvgIpc) is 2.75. The number of hydrogen-bond acceptors (Lipinski definition) is 3. The van der Waals surface area contributed by atoms with Gasteiger partial charge in [0, 0.05) is 16.1 Å². The lowest BCUT2D eigenvalue weighted by Gasteiger charge is -2.08. The third-order valence-electron chi connectivity index (χ3n) is 2.24. The summed E-state index contributed by atoms with van der Waals surface area (Å²) in [6.45, 7) is -0.354. The van der Waals surface area contributed by atoms with Crippen LogP contribution in [0.15, 0.2) is 33.3 Å². The van der Waals surface area contributed by atoms with E-state index in [2.05, 4.69) is 21.1 Å². The molecule has 2 aromatic rings. The predicted octanol–water partition coefficient (Wildman–Crippen LogP) is 3.62. The van der Waals surface area contributed by atoms with Gasteiger partial charge in [-0.3, -0.25) is 0 Å². The Hall–Kier alpha value is -1.34. The molecule has 7 heteroatoms. The number of benzene rings is 1. The van der Waals surface area contributed by atoms with Gasteiger partial charge in [0.25, 0.3) is 0 Å². The number of hydrogen-bond donors (Lipinski definition) is 1. The molecule has 0 amide bonds. The second-order valence-corrected chi connectivity index (χ2v) is 4.48. The maximum absolute atomic E-state index is 12.6. The van der Waals surface area contributed by atoms with Crippen molar-refractivity contribution in [1.29, 1.82) is 0 Å². The van der Waals surface area contributed by atoms with Crippen molar-refractivity contribution in [3.8, 4) is 11.3 Å². The number of aliphatic hydroxyl groups excluding tert-OH is 1. The standard InChI is InChI=1S/C11H7BrF3NO2/c12-8-2-6(1-7(3-8)11(13,14)15)10-4-9(5-17)18-16-10/h1-4,17H,5H2. The molecule has 0 aliphatic rings. The molecule has 0 aliphatic carbocycles. The minimum Gasteiger partial charge on any atom is -0.388 e. The van der Waals surface area contributed by atoms with E-state index in [0.29, 0.717) is 4.47 Å². The van der Waals surface area contributed by atoms with Crippen molar-refractivity contribution in [2.24, 2.45) is 0 Å². The van der Waals surface area contributed by atoms with E-state index in [0.717, 1.165) is 12.1 Å². The summed E-state index contributed by atoms with van der Waals surface area (Å²) in [6, 6.07) is 4.84. The van der Waals surface area contributed by atoms with Gasteiger partial charge in [0.1, 0.15) is 12.3 Å². The Labute approximate surface area is 108 Å². The molecule has 1 aromatic heterocycles. The number of aromatic nitrogens is 1. The Morgan fingerprint density at radius 2 is 1.94 bits per heavy atom. The third-order valence-corrected chi connectivity index (χ3v) is 2.69. The molecule has 0 radical (unpaired) electrons.